The zero-order chi connectivity index (χ0) is 34.7. The van der Waals surface area contributed by atoms with Crippen molar-refractivity contribution in [1.29, 1.82) is 0 Å². The molecule has 4 aromatic rings. The van der Waals surface area contributed by atoms with Gasteiger partial charge in [-0.15, -0.1) is 11.3 Å². The van der Waals surface area contributed by atoms with Crippen molar-refractivity contribution in [2.24, 2.45) is 23.2 Å². The zero-order valence-corrected chi connectivity index (χ0v) is 30.9. The summed E-state index contributed by atoms with van der Waals surface area (Å²) in [5.41, 5.74) is 4.81. The largest absolute Gasteiger partial charge is 0.493 e. The Hall–Kier alpha value is -3.69. The molecule has 2 aromatic heterocycles. The molecule has 4 saturated carbocycles. The van der Waals surface area contributed by atoms with Crippen LogP contribution in [-0.4, -0.2) is 43.3 Å². The number of aromatic nitrogens is 2. The van der Waals surface area contributed by atoms with Crippen LogP contribution in [0.1, 0.15) is 93.4 Å². The number of thiophene rings is 1. The Morgan fingerprint density at radius 1 is 0.980 bits per heavy atom. The van der Waals surface area contributed by atoms with Gasteiger partial charge in [0, 0.05) is 22.9 Å². The lowest BCUT2D eigenvalue weighted by atomic mass is 9.49. The zero-order valence-electron chi connectivity index (χ0n) is 30.1. The average molecular weight is 697 g/mol. The Kier molecular flexibility index (Phi) is 10.6. The standard InChI is InChI=1S/C41H52N4O4S/c1-26(38-17-32(25-50-38)33-11-7-6-10-31(33)24-42-3)43-40-34-18-36(47-4)37(19-35(34)44-27(2)45-40)48-12-8-5-9-13-49-39(46)23-41-20-28-14-29(21-41)16-30(15-28)22-41/h6-7,10-11,17-19,25-26,28-30,42H,5,8-9,12-16,20-24H2,1-4H3,(H,43,44,45)/t26-,28?,29?,30?,41?/m0/s1. The molecule has 1 atom stereocenters. The first-order valence-electron chi connectivity index (χ1n) is 18.5. The molecule has 266 valence electrons. The summed E-state index contributed by atoms with van der Waals surface area (Å²) >= 11 is 1.75. The summed E-state index contributed by atoms with van der Waals surface area (Å²) in [6, 6.07) is 14.8. The van der Waals surface area contributed by atoms with Gasteiger partial charge in [-0.25, -0.2) is 9.97 Å². The van der Waals surface area contributed by atoms with Crippen LogP contribution in [-0.2, 0) is 16.1 Å². The van der Waals surface area contributed by atoms with Gasteiger partial charge in [-0.2, -0.15) is 0 Å². The molecule has 50 heavy (non-hydrogen) atoms. The molecule has 4 aliphatic carbocycles. The minimum Gasteiger partial charge on any atom is -0.493 e. The van der Waals surface area contributed by atoms with Crippen molar-refractivity contribution in [3.8, 4) is 22.6 Å². The van der Waals surface area contributed by atoms with E-state index < -0.39 is 0 Å². The van der Waals surface area contributed by atoms with Crippen molar-refractivity contribution < 1.29 is 19.0 Å². The van der Waals surface area contributed by atoms with Crippen molar-refractivity contribution in [3.05, 3.63) is 64.1 Å². The summed E-state index contributed by atoms with van der Waals surface area (Å²) in [4.78, 5) is 23.5. The van der Waals surface area contributed by atoms with Crippen molar-refractivity contribution in [1.82, 2.24) is 15.3 Å². The van der Waals surface area contributed by atoms with Crippen molar-refractivity contribution in [2.75, 3.05) is 32.7 Å². The average Bonchev–Trinajstić information content (AvgIpc) is 3.58. The number of anilines is 1. The molecule has 0 saturated heterocycles. The minimum absolute atomic E-state index is 0.00993. The van der Waals surface area contributed by atoms with Crippen LogP contribution in [0.5, 0.6) is 11.5 Å². The smallest absolute Gasteiger partial charge is 0.306 e. The van der Waals surface area contributed by atoms with Crippen LogP contribution < -0.4 is 20.1 Å². The molecule has 4 bridgehead atoms. The monoisotopic (exact) mass is 696 g/mol. The third-order valence-corrected chi connectivity index (χ3v) is 12.3. The molecule has 8 nitrogen and oxygen atoms in total. The summed E-state index contributed by atoms with van der Waals surface area (Å²) < 4.78 is 17.7. The van der Waals surface area contributed by atoms with Gasteiger partial charge in [-0.3, -0.25) is 4.79 Å². The molecule has 9 heteroatoms. The normalized spacial score (nSPS) is 22.8. The number of ether oxygens (including phenoxy) is 3. The van der Waals surface area contributed by atoms with Gasteiger partial charge in [-0.05, 0) is 136 Å². The van der Waals surface area contributed by atoms with E-state index in [4.69, 9.17) is 24.2 Å². The third kappa shape index (κ3) is 7.79. The first kappa shape index (κ1) is 34.7. The van der Waals surface area contributed by atoms with Gasteiger partial charge in [0.2, 0.25) is 0 Å². The second-order valence-electron chi connectivity index (χ2n) is 15.2. The lowest BCUT2D eigenvalue weighted by Crippen LogP contribution is -2.47. The maximum Gasteiger partial charge on any atom is 0.306 e. The molecule has 4 aliphatic rings. The molecule has 0 unspecified atom stereocenters. The fourth-order valence-electron chi connectivity index (χ4n) is 9.39. The van der Waals surface area contributed by atoms with Gasteiger partial charge in [0.25, 0.3) is 0 Å². The van der Waals surface area contributed by atoms with Crippen LogP contribution in [0.25, 0.3) is 22.0 Å². The SMILES string of the molecule is CNCc1ccccc1-c1csc([C@H](C)Nc2nc(C)nc3cc(OCCCCCOC(=O)CC45CC6CC(CC(C6)C4)C5)c(OC)cc23)c1. The lowest BCUT2D eigenvalue weighted by molar-refractivity contribution is -0.152. The molecule has 0 amide bonds. The Balaban J connectivity index is 0.914. The number of carbonyl (C=O) groups excluding carboxylic acids is 1. The van der Waals surface area contributed by atoms with Gasteiger partial charge in [0.15, 0.2) is 11.5 Å². The number of nitrogens with zero attached hydrogens (tertiary/aromatic N) is 2. The van der Waals surface area contributed by atoms with Crippen LogP contribution >= 0.6 is 11.3 Å². The van der Waals surface area contributed by atoms with E-state index in [-0.39, 0.29) is 17.4 Å². The first-order valence-corrected chi connectivity index (χ1v) is 19.4. The Morgan fingerprint density at radius 3 is 2.46 bits per heavy atom. The third-order valence-electron chi connectivity index (χ3n) is 11.2. The summed E-state index contributed by atoms with van der Waals surface area (Å²) in [6.07, 6.45) is 11.2. The lowest BCUT2D eigenvalue weighted by Gasteiger charge is -2.56. The number of fused-ring (bicyclic) bond motifs is 1. The van der Waals surface area contributed by atoms with E-state index in [1.807, 2.05) is 26.1 Å². The maximum absolute atomic E-state index is 12.8. The number of nitrogens with one attached hydrogen (secondary N) is 2. The number of rotatable bonds is 16. The van der Waals surface area contributed by atoms with E-state index in [0.29, 0.717) is 37.0 Å². The summed E-state index contributed by atoms with van der Waals surface area (Å²) in [6.45, 7) is 5.95. The predicted octanol–water partition coefficient (Wildman–Crippen LogP) is 9.27. The second kappa shape index (κ2) is 15.3. The van der Waals surface area contributed by atoms with E-state index in [9.17, 15) is 4.79 Å². The highest BCUT2D eigenvalue weighted by Crippen LogP contribution is 2.61. The molecule has 2 heterocycles. The number of benzene rings is 2. The van der Waals surface area contributed by atoms with Crippen LogP contribution in [0, 0.1) is 30.1 Å². The molecule has 8 rings (SSSR count). The molecule has 2 aromatic carbocycles. The summed E-state index contributed by atoms with van der Waals surface area (Å²) in [7, 11) is 3.64. The van der Waals surface area contributed by atoms with Crippen molar-refractivity contribution in [2.45, 2.75) is 90.6 Å². The molecule has 0 spiro atoms. The summed E-state index contributed by atoms with van der Waals surface area (Å²) in [5.74, 6) is 5.37. The quantitative estimate of drug-likeness (QED) is 0.0885. The molecule has 0 radical (unpaired) electrons. The van der Waals surface area contributed by atoms with E-state index >= 15 is 0 Å². The van der Waals surface area contributed by atoms with Gasteiger partial charge < -0.3 is 24.8 Å². The first-order chi connectivity index (χ1) is 24.3. The molecular formula is C41H52N4O4S. The Labute approximate surface area is 300 Å². The molecule has 2 N–H and O–H groups in total. The minimum atomic E-state index is 0.00993. The highest BCUT2D eigenvalue weighted by molar-refractivity contribution is 7.10. The van der Waals surface area contributed by atoms with Crippen LogP contribution in [0.3, 0.4) is 0 Å². The molecule has 0 aliphatic heterocycles. The van der Waals surface area contributed by atoms with Crippen LogP contribution in [0.15, 0.2) is 47.8 Å². The number of hydrogen-bond donors (Lipinski definition) is 2. The number of carbonyl (C=O) groups is 1. The Bertz CT molecular complexity index is 1770. The van der Waals surface area contributed by atoms with E-state index in [1.165, 1.54) is 60.1 Å². The van der Waals surface area contributed by atoms with Crippen molar-refractivity contribution >= 4 is 34.0 Å². The Morgan fingerprint density at radius 2 is 1.72 bits per heavy atom. The fraction of sp³-hybridized carbons (Fsp3) is 0.537. The van der Waals surface area contributed by atoms with Gasteiger partial charge in [0.05, 0.1) is 38.3 Å². The number of aryl methyl sites for hydroxylation is 1. The number of hydrogen-bond acceptors (Lipinski definition) is 9. The molecular weight excluding hydrogens is 645 g/mol. The molecule has 4 fully saturated rings. The number of esters is 1. The predicted molar refractivity (Wildman–Crippen MR) is 201 cm³/mol. The van der Waals surface area contributed by atoms with Crippen LogP contribution in [0.4, 0.5) is 5.82 Å². The highest BCUT2D eigenvalue weighted by atomic mass is 32.1. The number of unbranched alkanes of at least 4 members (excludes halogenated alkanes) is 2. The fourth-order valence-corrected chi connectivity index (χ4v) is 10.3. The summed E-state index contributed by atoms with van der Waals surface area (Å²) in [5, 5.41) is 10.0. The van der Waals surface area contributed by atoms with E-state index in [1.54, 1.807) is 18.4 Å². The van der Waals surface area contributed by atoms with Crippen LogP contribution in [0.2, 0.25) is 0 Å². The topological polar surface area (TPSA) is 94.6 Å². The van der Waals surface area contributed by atoms with Gasteiger partial charge >= 0.3 is 5.97 Å². The number of methoxy groups -OCH3 is 1. The second-order valence-corrected chi connectivity index (χ2v) is 16.1. The van der Waals surface area contributed by atoms with Crippen molar-refractivity contribution in [3.63, 3.8) is 0 Å². The van der Waals surface area contributed by atoms with E-state index in [2.05, 4.69) is 53.3 Å². The van der Waals surface area contributed by atoms with Gasteiger partial charge in [-0.1, -0.05) is 24.3 Å². The van der Waals surface area contributed by atoms with E-state index in [0.717, 1.165) is 60.3 Å². The van der Waals surface area contributed by atoms with Gasteiger partial charge in [0.1, 0.15) is 11.6 Å². The maximum atomic E-state index is 12.8. The highest BCUT2D eigenvalue weighted by Gasteiger charge is 2.51.